The van der Waals surface area contributed by atoms with Crippen molar-refractivity contribution in [1.29, 1.82) is 0 Å². The Labute approximate surface area is 107 Å². The first-order chi connectivity index (χ1) is 8.54. The molecule has 1 amide bonds. The Bertz CT molecular complexity index is 387. The Morgan fingerprint density at radius 1 is 1.56 bits per heavy atom. The SMILES string of the molecule is CCc1cc(C(=O)NCCNCC(C)O)n(C)n1. The molecule has 6 heteroatoms. The molecule has 3 N–H and O–H groups in total. The van der Waals surface area contributed by atoms with Gasteiger partial charge in [-0.3, -0.25) is 9.48 Å². The summed E-state index contributed by atoms with van der Waals surface area (Å²) in [5.41, 5.74) is 1.48. The normalized spacial score (nSPS) is 12.4. The van der Waals surface area contributed by atoms with Crippen LogP contribution in [-0.4, -0.2) is 46.5 Å². The van der Waals surface area contributed by atoms with Crippen molar-refractivity contribution in [2.45, 2.75) is 26.4 Å². The summed E-state index contributed by atoms with van der Waals surface area (Å²) in [6.07, 6.45) is 0.446. The Kier molecular flexibility index (Phi) is 5.80. The summed E-state index contributed by atoms with van der Waals surface area (Å²) in [5.74, 6) is -0.122. The number of hydrogen-bond acceptors (Lipinski definition) is 4. The molecule has 0 aliphatic heterocycles. The van der Waals surface area contributed by atoms with E-state index >= 15 is 0 Å². The van der Waals surface area contributed by atoms with Crippen LogP contribution in [0.2, 0.25) is 0 Å². The number of carbonyl (C=O) groups excluding carboxylic acids is 1. The fourth-order valence-electron chi connectivity index (χ4n) is 1.58. The molecule has 1 atom stereocenters. The van der Waals surface area contributed by atoms with Gasteiger partial charge in [-0.05, 0) is 19.4 Å². The second kappa shape index (κ2) is 7.13. The first-order valence-electron chi connectivity index (χ1n) is 6.24. The van der Waals surface area contributed by atoms with Crippen LogP contribution in [0.5, 0.6) is 0 Å². The quantitative estimate of drug-likeness (QED) is 0.583. The van der Waals surface area contributed by atoms with Gasteiger partial charge in [-0.1, -0.05) is 6.92 Å². The van der Waals surface area contributed by atoms with Crippen molar-refractivity contribution in [2.24, 2.45) is 7.05 Å². The van der Waals surface area contributed by atoms with Gasteiger partial charge in [0.15, 0.2) is 0 Å². The minimum absolute atomic E-state index is 0.122. The van der Waals surface area contributed by atoms with Crippen molar-refractivity contribution in [2.75, 3.05) is 19.6 Å². The van der Waals surface area contributed by atoms with Crippen LogP contribution in [0.4, 0.5) is 0 Å². The van der Waals surface area contributed by atoms with Gasteiger partial charge in [0.25, 0.3) is 5.91 Å². The van der Waals surface area contributed by atoms with Crippen LogP contribution in [-0.2, 0) is 13.5 Å². The number of carbonyl (C=O) groups is 1. The Hall–Kier alpha value is -1.40. The lowest BCUT2D eigenvalue weighted by Gasteiger charge is -2.08. The number of rotatable bonds is 7. The highest BCUT2D eigenvalue weighted by molar-refractivity contribution is 5.92. The smallest absolute Gasteiger partial charge is 0.269 e. The molecule has 0 aliphatic rings. The number of aliphatic hydroxyl groups is 1. The standard InChI is InChI=1S/C12H22N4O2/c1-4-10-7-11(16(3)15-10)12(18)14-6-5-13-8-9(2)17/h7,9,13,17H,4-6,8H2,1-3H3,(H,14,18). The van der Waals surface area contributed by atoms with Crippen molar-refractivity contribution in [3.63, 3.8) is 0 Å². The monoisotopic (exact) mass is 254 g/mol. The first-order valence-corrected chi connectivity index (χ1v) is 6.24. The van der Waals surface area contributed by atoms with E-state index in [9.17, 15) is 4.79 Å². The van der Waals surface area contributed by atoms with E-state index < -0.39 is 0 Å². The van der Waals surface area contributed by atoms with E-state index in [0.717, 1.165) is 12.1 Å². The van der Waals surface area contributed by atoms with Crippen LogP contribution in [0.25, 0.3) is 0 Å². The highest BCUT2D eigenvalue weighted by atomic mass is 16.3. The van der Waals surface area contributed by atoms with Gasteiger partial charge in [0.2, 0.25) is 0 Å². The second-order valence-electron chi connectivity index (χ2n) is 4.31. The van der Waals surface area contributed by atoms with E-state index in [1.807, 2.05) is 6.92 Å². The molecule has 0 fully saturated rings. The van der Waals surface area contributed by atoms with Crippen molar-refractivity contribution in [3.8, 4) is 0 Å². The largest absolute Gasteiger partial charge is 0.392 e. The van der Waals surface area contributed by atoms with Crippen LogP contribution >= 0.6 is 0 Å². The minimum atomic E-state index is -0.370. The second-order valence-corrected chi connectivity index (χ2v) is 4.31. The molecule has 0 saturated carbocycles. The van der Waals surface area contributed by atoms with Gasteiger partial charge in [-0.2, -0.15) is 5.10 Å². The Morgan fingerprint density at radius 2 is 2.28 bits per heavy atom. The fraction of sp³-hybridized carbons (Fsp3) is 0.667. The lowest BCUT2D eigenvalue weighted by Crippen LogP contribution is -2.35. The fourth-order valence-corrected chi connectivity index (χ4v) is 1.58. The summed E-state index contributed by atoms with van der Waals surface area (Å²) in [7, 11) is 1.76. The predicted octanol–water partition coefficient (Wildman–Crippen LogP) is -0.317. The van der Waals surface area contributed by atoms with Gasteiger partial charge in [0.1, 0.15) is 5.69 Å². The Morgan fingerprint density at radius 3 is 2.83 bits per heavy atom. The van der Waals surface area contributed by atoms with Gasteiger partial charge in [0.05, 0.1) is 11.8 Å². The highest BCUT2D eigenvalue weighted by Gasteiger charge is 2.11. The highest BCUT2D eigenvalue weighted by Crippen LogP contribution is 2.03. The molecule has 0 spiro atoms. The van der Waals surface area contributed by atoms with Crippen LogP contribution in [0, 0.1) is 0 Å². The summed E-state index contributed by atoms with van der Waals surface area (Å²) in [6, 6.07) is 1.80. The van der Waals surface area contributed by atoms with E-state index in [4.69, 9.17) is 5.11 Å². The molecule has 0 aliphatic carbocycles. The maximum Gasteiger partial charge on any atom is 0.269 e. The molecule has 102 valence electrons. The molecule has 0 radical (unpaired) electrons. The van der Waals surface area contributed by atoms with E-state index in [-0.39, 0.29) is 12.0 Å². The lowest BCUT2D eigenvalue weighted by atomic mass is 10.3. The van der Waals surface area contributed by atoms with E-state index in [1.54, 1.807) is 24.7 Å². The maximum absolute atomic E-state index is 11.8. The summed E-state index contributed by atoms with van der Waals surface area (Å²) in [4.78, 5) is 11.8. The van der Waals surface area contributed by atoms with Crippen LogP contribution in [0.3, 0.4) is 0 Å². The summed E-state index contributed by atoms with van der Waals surface area (Å²) in [6.45, 7) is 5.41. The molecule has 1 aromatic rings. The summed E-state index contributed by atoms with van der Waals surface area (Å²) < 4.78 is 1.59. The molecule has 1 unspecified atom stereocenters. The number of aryl methyl sites for hydroxylation is 2. The van der Waals surface area contributed by atoms with Gasteiger partial charge in [-0.15, -0.1) is 0 Å². The molecular formula is C12H22N4O2. The number of aromatic nitrogens is 2. The van der Waals surface area contributed by atoms with Crippen LogP contribution in [0.1, 0.15) is 30.0 Å². The molecule has 0 saturated heterocycles. The predicted molar refractivity (Wildman–Crippen MR) is 69.5 cm³/mol. The van der Waals surface area contributed by atoms with Gasteiger partial charge >= 0.3 is 0 Å². The molecule has 0 aromatic carbocycles. The Balaban J connectivity index is 2.34. The van der Waals surface area contributed by atoms with E-state index in [0.29, 0.717) is 25.3 Å². The van der Waals surface area contributed by atoms with Crippen molar-refractivity contribution >= 4 is 5.91 Å². The third kappa shape index (κ3) is 4.46. The minimum Gasteiger partial charge on any atom is -0.392 e. The molecule has 1 heterocycles. The number of hydrogen-bond donors (Lipinski definition) is 3. The third-order valence-electron chi connectivity index (χ3n) is 2.55. The number of nitrogens with zero attached hydrogens (tertiary/aromatic N) is 2. The zero-order chi connectivity index (χ0) is 13.5. The van der Waals surface area contributed by atoms with Crippen LogP contribution < -0.4 is 10.6 Å². The zero-order valence-corrected chi connectivity index (χ0v) is 11.2. The zero-order valence-electron chi connectivity index (χ0n) is 11.2. The van der Waals surface area contributed by atoms with Crippen molar-refractivity contribution < 1.29 is 9.90 Å². The number of aliphatic hydroxyl groups excluding tert-OH is 1. The van der Waals surface area contributed by atoms with Crippen molar-refractivity contribution in [1.82, 2.24) is 20.4 Å². The molecule has 1 rings (SSSR count). The van der Waals surface area contributed by atoms with Crippen molar-refractivity contribution in [3.05, 3.63) is 17.5 Å². The van der Waals surface area contributed by atoms with E-state index in [2.05, 4.69) is 15.7 Å². The third-order valence-corrected chi connectivity index (χ3v) is 2.55. The molecule has 0 bridgehead atoms. The average Bonchev–Trinajstić information content (AvgIpc) is 2.69. The summed E-state index contributed by atoms with van der Waals surface area (Å²) in [5, 5.41) is 19.1. The lowest BCUT2D eigenvalue weighted by molar-refractivity contribution is 0.0944. The number of amides is 1. The van der Waals surface area contributed by atoms with Crippen LogP contribution in [0.15, 0.2) is 6.07 Å². The molecular weight excluding hydrogens is 232 g/mol. The van der Waals surface area contributed by atoms with Gasteiger partial charge in [0, 0.05) is 26.7 Å². The number of nitrogens with one attached hydrogen (secondary N) is 2. The molecule has 6 nitrogen and oxygen atoms in total. The molecule has 1 aromatic heterocycles. The maximum atomic E-state index is 11.8. The molecule has 18 heavy (non-hydrogen) atoms. The van der Waals surface area contributed by atoms with Gasteiger partial charge in [-0.25, -0.2) is 0 Å². The van der Waals surface area contributed by atoms with E-state index in [1.165, 1.54) is 0 Å². The topological polar surface area (TPSA) is 79.2 Å². The average molecular weight is 254 g/mol. The summed E-state index contributed by atoms with van der Waals surface area (Å²) >= 11 is 0. The first kappa shape index (κ1) is 14.7. The van der Waals surface area contributed by atoms with Gasteiger partial charge < -0.3 is 15.7 Å².